The van der Waals surface area contributed by atoms with Crippen molar-refractivity contribution >= 4 is 66.7 Å². The van der Waals surface area contributed by atoms with Crippen LogP contribution in [0, 0.1) is 11.6 Å². The third kappa shape index (κ3) is 5.66. The summed E-state index contributed by atoms with van der Waals surface area (Å²) in [5.74, 6) is -1.33. The predicted octanol–water partition coefficient (Wildman–Crippen LogP) is 12.8. The minimum Gasteiger partial charge on any atom is -0.310 e. The van der Waals surface area contributed by atoms with Crippen molar-refractivity contribution in [2.24, 2.45) is 0 Å². The van der Waals surface area contributed by atoms with Crippen LogP contribution in [0.5, 0.6) is 0 Å². The van der Waals surface area contributed by atoms with Crippen molar-refractivity contribution in [3.8, 4) is 11.3 Å². The number of rotatable bonds is 7. The van der Waals surface area contributed by atoms with Gasteiger partial charge in [-0.1, -0.05) is 84.9 Å². The quantitative estimate of drug-likeness (QED) is 0.157. The van der Waals surface area contributed by atoms with E-state index in [2.05, 4.69) is 94.7 Å². The summed E-state index contributed by atoms with van der Waals surface area (Å²) in [5.41, 5.74) is 8.13. The summed E-state index contributed by atoms with van der Waals surface area (Å²) in [6.07, 6.45) is 1.59. The third-order valence-electron chi connectivity index (χ3n) is 9.31. The van der Waals surface area contributed by atoms with Crippen molar-refractivity contribution in [1.29, 1.82) is 0 Å². The zero-order valence-electron chi connectivity index (χ0n) is 27.9. The Morgan fingerprint density at radius 1 is 0.365 bits per heavy atom. The van der Waals surface area contributed by atoms with Crippen molar-refractivity contribution in [1.82, 2.24) is 9.97 Å². The highest BCUT2D eigenvalue weighted by molar-refractivity contribution is 6.24. The minimum atomic E-state index is -0.666. The Bertz CT molecular complexity index is 2610. The zero-order chi connectivity index (χ0) is 35.0. The van der Waals surface area contributed by atoms with Gasteiger partial charge in [0, 0.05) is 56.5 Å². The number of hydrogen-bond acceptors (Lipinski definition) is 4. The number of fused-ring (bicyclic) bond motifs is 6. The molecule has 0 unspecified atom stereocenters. The molecule has 0 saturated carbocycles. The number of nitrogens with zero attached hydrogens (tertiary/aromatic N) is 4. The van der Waals surface area contributed by atoms with E-state index in [0.717, 1.165) is 61.7 Å². The van der Waals surface area contributed by atoms with E-state index in [1.54, 1.807) is 6.20 Å². The molecule has 52 heavy (non-hydrogen) atoms. The Kier molecular flexibility index (Phi) is 7.82. The lowest BCUT2D eigenvalue weighted by Gasteiger charge is -2.27. The first-order chi connectivity index (χ1) is 25.6. The van der Waals surface area contributed by atoms with Crippen LogP contribution in [0.2, 0.25) is 0 Å². The highest BCUT2D eigenvalue weighted by atomic mass is 19.1. The molecule has 0 aliphatic heterocycles. The Hall–Kier alpha value is -6.92. The number of anilines is 6. The standard InChI is InChI=1S/C46H30F2N4/c47-32-25-31(26-33(48)27-32)44-30-49-45-40-23-21-38(51(34-13-5-1-6-14-34)35-15-7-2-8-16-35)28-42(40)43-29-39(22-24-41(43)46(45)50-44)52(36-17-9-3-10-18-36)37-19-11-4-12-20-37/h1-30H. The lowest BCUT2D eigenvalue weighted by atomic mass is 9.97. The molecule has 0 saturated heterocycles. The molecule has 0 spiro atoms. The summed E-state index contributed by atoms with van der Waals surface area (Å²) in [4.78, 5) is 14.4. The molecule has 0 bridgehead atoms. The summed E-state index contributed by atoms with van der Waals surface area (Å²) in [5, 5.41) is 3.76. The van der Waals surface area contributed by atoms with Gasteiger partial charge in [0.15, 0.2) is 0 Å². The van der Waals surface area contributed by atoms with Gasteiger partial charge in [0.2, 0.25) is 0 Å². The fourth-order valence-corrected chi connectivity index (χ4v) is 7.02. The van der Waals surface area contributed by atoms with E-state index in [1.807, 2.05) is 72.8 Å². The molecule has 0 N–H and O–H groups in total. The summed E-state index contributed by atoms with van der Waals surface area (Å²) < 4.78 is 28.7. The molecule has 0 fully saturated rings. The number of benzene rings is 8. The van der Waals surface area contributed by atoms with E-state index in [0.29, 0.717) is 22.3 Å². The molecule has 0 aliphatic carbocycles. The third-order valence-corrected chi connectivity index (χ3v) is 9.31. The molecule has 0 aliphatic rings. The molecule has 1 aromatic heterocycles. The van der Waals surface area contributed by atoms with Gasteiger partial charge in [0.25, 0.3) is 0 Å². The van der Waals surface area contributed by atoms with Gasteiger partial charge in [-0.2, -0.15) is 0 Å². The van der Waals surface area contributed by atoms with E-state index in [4.69, 9.17) is 9.97 Å². The van der Waals surface area contributed by atoms with Gasteiger partial charge < -0.3 is 9.80 Å². The first-order valence-electron chi connectivity index (χ1n) is 17.0. The fraction of sp³-hybridized carbons (Fsp3) is 0. The van der Waals surface area contributed by atoms with Crippen LogP contribution in [0.25, 0.3) is 43.8 Å². The Morgan fingerprint density at radius 2 is 0.769 bits per heavy atom. The average Bonchev–Trinajstić information content (AvgIpc) is 3.19. The molecular weight excluding hydrogens is 647 g/mol. The van der Waals surface area contributed by atoms with Crippen LogP contribution >= 0.6 is 0 Å². The van der Waals surface area contributed by atoms with Crippen molar-refractivity contribution in [3.05, 3.63) is 194 Å². The number of halogens is 2. The van der Waals surface area contributed by atoms with E-state index in [1.165, 1.54) is 12.1 Å². The molecule has 1 heterocycles. The van der Waals surface area contributed by atoms with Gasteiger partial charge >= 0.3 is 0 Å². The molecule has 6 heteroatoms. The minimum absolute atomic E-state index is 0.327. The highest BCUT2D eigenvalue weighted by Gasteiger charge is 2.19. The van der Waals surface area contributed by atoms with Crippen LogP contribution in [-0.4, -0.2) is 9.97 Å². The van der Waals surface area contributed by atoms with Gasteiger partial charge in [0.05, 0.1) is 22.9 Å². The summed E-state index contributed by atoms with van der Waals surface area (Å²) in [7, 11) is 0. The topological polar surface area (TPSA) is 32.3 Å². The highest BCUT2D eigenvalue weighted by Crippen LogP contribution is 2.43. The van der Waals surface area contributed by atoms with Crippen molar-refractivity contribution in [2.45, 2.75) is 0 Å². The van der Waals surface area contributed by atoms with E-state index in [9.17, 15) is 8.78 Å². The summed E-state index contributed by atoms with van der Waals surface area (Å²) in [6, 6.07) is 57.4. The van der Waals surface area contributed by atoms with Crippen LogP contribution in [0.3, 0.4) is 0 Å². The molecular formula is C46H30F2N4. The first kappa shape index (κ1) is 31.1. The van der Waals surface area contributed by atoms with Crippen LogP contribution in [0.4, 0.5) is 42.9 Å². The Labute approximate surface area is 299 Å². The monoisotopic (exact) mass is 676 g/mol. The van der Waals surface area contributed by atoms with Gasteiger partial charge in [-0.15, -0.1) is 0 Å². The maximum atomic E-state index is 14.3. The normalized spacial score (nSPS) is 11.3. The maximum Gasteiger partial charge on any atom is 0.126 e. The lowest BCUT2D eigenvalue weighted by molar-refractivity contribution is 0.584. The van der Waals surface area contributed by atoms with Crippen molar-refractivity contribution in [2.75, 3.05) is 9.80 Å². The predicted molar refractivity (Wildman–Crippen MR) is 209 cm³/mol. The number of aromatic nitrogens is 2. The number of hydrogen-bond donors (Lipinski definition) is 0. The summed E-state index contributed by atoms with van der Waals surface area (Å²) in [6.45, 7) is 0. The van der Waals surface area contributed by atoms with E-state index < -0.39 is 11.6 Å². The molecule has 4 nitrogen and oxygen atoms in total. The van der Waals surface area contributed by atoms with Crippen LogP contribution < -0.4 is 9.80 Å². The SMILES string of the molecule is Fc1cc(F)cc(-c2cnc3c4ccc(N(c5ccccc5)c5ccccc5)cc4c4cc(N(c5ccccc5)c5ccccc5)ccc4c3n2)c1. The second kappa shape index (κ2) is 13.1. The average molecular weight is 677 g/mol. The fourth-order valence-electron chi connectivity index (χ4n) is 7.02. The molecule has 9 aromatic rings. The van der Waals surface area contributed by atoms with Crippen LogP contribution in [0.1, 0.15) is 0 Å². The van der Waals surface area contributed by atoms with E-state index >= 15 is 0 Å². The van der Waals surface area contributed by atoms with Gasteiger partial charge in [-0.05, 0) is 95.7 Å². The van der Waals surface area contributed by atoms with E-state index in [-0.39, 0.29) is 0 Å². The Balaban J connectivity index is 1.34. The van der Waals surface area contributed by atoms with Gasteiger partial charge in [-0.25, -0.2) is 13.8 Å². The number of para-hydroxylation sites is 4. The second-order valence-corrected chi connectivity index (χ2v) is 12.6. The molecule has 8 aromatic carbocycles. The van der Waals surface area contributed by atoms with Gasteiger partial charge in [0.1, 0.15) is 11.6 Å². The molecule has 9 rings (SSSR count). The Morgan fingerprint density at radius 3 is 1.19 bits per heavy atom. The smallest absolute Gasteiger partial charge is 0.126 e. The maximum absolute atomic E-state index is 14.3. The molecule has 248 valence electrons. The molecule has 0 atom stereocenters. The first-order valence-corrected chi connectivity index (χ1v) is 17.0. The largest absolute Gasteiger partial charge is 0.310 e. The molecule has 0 radical (unpaired) electrons. The van der Waals surface area contributed by atoms with Crippen molar-refractivity contribution < 1.29 is 8.78 Å². The van der Waals surface area contributed by atoms with Crippen LogP contribution in [-0.2, 0) is 0 Å². The molecule has 0 amide bonds. The van der Waals surface area contributed by atoms with Gasteiger partial charge in [-0.3, -0.25) is 4.98 Å². The lowest BCUT2D eigenvalue weighted by Crippen LogP contribution is -2.10. The summed E-state index contributed by atoms with van der Waals surface area (Å²) >= 11 is 0. The van der Waals surface area contributed by atoms with Crippen LogP contribution in [0.15, 0.2) is 182 Å². The zero-order valence-corrected chi connectivity index (χ0v) is 27.9. The van der Waals surface area contributed by atoms with Crippen molar-refractivity contribution in [3.63, 3.8) is 0 Å². The second-order valence-electron chi connectivity index (χ2n) is 12.6.